The van der Waals surface area contributed by atoms with Crippen LogP contribution >= 0.6 is 0 Å². The number of nitrogen functional groups attached to an aromatic ring is 2. The van der Waals surface area contributed by atoms with Crippen molar-refractivity contribution in [2.24, 2.45) is 0 Å². The van der Waals surface area contributed by atoms with E-state index in [1.807, 2.05) is 0 Å². The van der Waals surface area contributed by atoms with Gasteiger partial charge in [0.2, 0.25) is 5.95 Å². The van der Waals surface area contributed by atoms with E-state index < -0.39 is 9.84 Å². The molecule has 0 aliphatic carbocycles. The number of aromatic nitrogens is 2. The zero-order valence-electron chi connectivity index (χ0n) is 13.0. The van der Waals surface area contributed by atoms with Crippen molar-refractivity contribution >= 4 is 21.6 Å². The quantitative estimate of drug-likeness (QED) is 0.812. The van der Waals surface area contributed by atoms with Gasteiger partial charge in [-0.3, -0.25) is 0 Å². The van der Waals surface area contributed by atoms with Crippen molar-refractivity contribution in [1.82, 2.24) is 9.97 Å². The van der Waals surface area contributed by atoms with Crippen LogP contribution in [0, 0.1) is 0 Å². The molecule has 0 fully saturated rings. The standard InChI is InChI=1S/C14H18N4O4S/c1-21-10-5-8(4-9-7-17-14(16)18-13(9)15)6-11(22-2)12(10)23(3,19)20/h5-7H,4H2,1-3H3,(H4,15,16,17,18). The Kier molecular flexibility index (Phi) is 4.60. The molecule has 0 unspecified atom stereocenters. The minimum Gasteiger partial charge on any atom is -0.495 e. The molecular weight excluding hydrogens is 320 g/mol. The molecule has 1 aromatic heterocycles. The second-order valence-electron chi connectivity index (χ2n) is 4.92. The molecule has 0 saturated carbocycles. The molecule has 124 valence electrons. The summed E-state index contributed by atoms with van der Waals surface area (Å²) in [7, 11) is -0.714. The first-order chi connectivity index (χ1) is 10.8. The van der Waals surface area contributed by atoms with E-state index in [9.17, 15) is 8.42 Å². The lowest BCUT2D eigenvalue weighted by Gasteiger charge is -2.14. The summed E-state index contributed by atoms with van der Waals surface area (Å²) in [6.45, 7) is 0. The van der Waals surface area contributed by atoms with Crippen LogP contribution in [0.15, 0.2) is 23.2 Å². The minimum absolute atomic E-state index is 0.00720. The van der Waals surface area contributed by atoms with Gasteiger partial charge in [0.1, 0.15) is 17.3 Å². The van der Waals surface area contributed by atoms with E-state index in [4.69, 9.17) is 20.9 Å². The predicted molar refractivity (Wildman–Crippen MR) is 86.3 cm³/mol. The van der Waals surface area contributed by atoms with Gasteiger partial charge in [0.25, 0.3) is 0 Å². The molecule has 0 amide bonds. The van der Waals surface area contributed by atoms with Crippen molar-refractivity contribution in [2.45, 2.75) is 11.3 Å². The highest BCUT2D eigenvalue weighted by Crippen LogP contribution is 2.35. The fourth-order valence-electron chi connectivity index (χ4n) is 2.19. The number of nitrogens with zero attached hydrogens (tertiary/aromatic N) is 2. The molecule has 1 heterocycles. The molecule has 23 heavy (non-hydrogen) atoms. The van der Waals surface area contributed by atoms with Gasteiger partial charge in [0.15, 0.2) is 14.7 Å². The summed E-state index contributed by atoms with van der Waals surface area (Å²) < 4.78 is 34.3. The Hall–Kier alpha value is -2.55. The van der Waals surface area contributed by atoms with Crippen LogP contribution in [-0.4, -0.2) is 38.9 Å². The number of anilines is 2. The summed E-state index contributed by atoms with van der Waals surface area (Å²) >= 11 is 0. The number of sulfone groups is 1. The summed E-state index contributed by atoms with van der Waals surface area (Å²) in [5.74, 6) is 0.769. The largest absolute Gasteiger partial charge is 0.495 e. The first-order valence-corrected chi connectivity index (χ1v) is 8.47. The fourth-order valence-corrected chi connectivity index (χ4v) is 3.21. The highest BCUT2D eigenvalue weighted by molar-refractivity contribution is 7.91. The fraction of sp³-hybridized carbons (Fsp3) is 0.286. The zero-order valence-corrected chi connectivity index (χ0v) is 13.8. The van der Waals surface area contributed by atoms with Gasteiger partial charge in [-0.25, -0.2) is 13.4 Å². The molecule has 0 spiro atoms. The zero-order chi connectivity index (χ0) is 17.2. The third kappa shape index (κ3) is 3.62. The van der Waals surface area contributed by atoms with E-state index >= 15 is 0 Å². The van der Waals surface area contributed by atoms with E-state index in [-0.39, 0.29) is 28.2 Å². The maximum absolute atomic E-state index is 11.9. The van der Waals surface area contributed by atoms with Gasteiger partial charge in [-0.15, -0.1) is 0 Å². The van der Waals surface area contributed by atoms with Crippen molar-refractivity contribution in [3.8, 4) is 11.5 Å². The molecule has 0 radical (unpaired) electrons. The number of hydrogen-bond acceptors (Lipinski definition) is 8. The van der Waals surface area contributed by atoms with Crippen LogP contribution in [0.1, 0.15) is 11.1 Å². The molecule has 2 aromatic rings. The van der Waals surface area contributed by atoms with Crippen LogP contribution in [-0.2, 0) is 16.3 Å². The van der Waals surface area contributed by atoms with Gasteiger partial charge in [-0.1, -0.05) is 0 Å². The van der Waals surface area contributed by atoms with Crippen molar-refractivity contribution in [2.75, 3.05) is 31.9 Å². The second-order valence-corrected chi connectivity index (χ2v) is 6.87. The van der Waals surface area contributed by atoms with Crippen LogP contribution in [0.25, 0.3) is 0 Å². The van der Waals surface area contributed by atoms with Crippen LogP contribution < -0.4 is 20.9 Å². The predicted octanol–water partition coefficient (Wildman–Crippen LogP) is 0.652. The molecule has 0 bridgehead atoms. The monoisotopic (exact) mass is 338 g/mol. The molecule has 0 aliphatic heterocycles. The van der Waals surface area contributed by atoms with Gasteiger partial charge in [-0.2, -0.15) is 4.98 Å². The molecule has 0 aliphatic rings. The topological polar surface area (TPSA) is 130 Å². The van der Waals surface area contributed by atoms with E-state index in [0.29, 0.717) is 12.0 Å². The van der Waals surface area contributed by atoms with Gasteiger partial charge in [0.05, 0.1) is 14.2 Å². The van der Waals surface area contributed by atoms with Crippen molar-refractivity contribution < 1.29 is 17.9 Å². The molecule has 9 heteroatoms. The lowest BCUT2D eigenvalue weighted by atomic mass is 10.1. The molecule has 4 N–H and O–H groups in total. The molecule has 0 saturated heterocycles. The highest BCUT2D eigenvalue weighted by atomic mass is 32.2. The summed E-state index contributed by atoms with van der Waals surface area (Å²) in [6.07, 6.45) is 3.00. The van der Waals surface area contributed by atoms with Crippen LogP contribution in [0.3, 0.4) is 0 Å². The average Bonchev–Trinajstić information content (AvgIpc) is 2.48. The molecule has 2 rings (SSSR count). The number of ether oxygens (including phenoxy) is 2. The van der Waals surface area contributed by atoms with Gasteiger partial charge < -0.3 is 20.9 Å². The van der Waals surface area contributed by atoms with Crippen LogP contribution in [0.5, 0.6) is 11.5 Å². The van der Waals surface area contributed by atoms with Crippen LogP contribution in [0.2, 0.25) is 0 Å². The van der Waals surface area contributed by atoms with Crippen LogP contribution in [0.4, 0.5) is 11.8 Å². The Morgan fingerprint density at radius 2 is 1.70 bits per heavy atom. The number of methoxy groups -OCH3 is 2. The Morgan fingerprint density at radius 3 is 2.13 bits per heavy atom. The van der Waals surface area contributed by atoms with E-state index in [1.165, 1.54) is 20.4 Å². The Bertz CT molecular complexity index is 812. The van der Waals surface area contributed by atoms with E-state index in [1.54, 1.807) is 12.1 Å². The van der Waals surface area contributed by atoms with Crippen molar-refractivity contribution in [1.29, 1.82) is 0 Å². The number of nitrogens with two attached hydrogens (primary N) is 2. The highest BCUT2D eigenvalue weighted by Gasteiger charge is 2.22. The molecule has 8 nitrogen and oxygen atoms in total. The Labute approximate surface area is 134 Å². The second kappa shape index (κ2) is 6.29. The lowest BCUT2D eigenvalue weighted by Crippen LogP contribution is -2.07. The van der Waals surface area contributed by atoms with Crippen molar-refractivity contribution in [3.05, 3.63) is 29.5 Å². The smallest absolute Gasteiger partial charge is 0.221 e. The van der Waals surface area contributed by atoms with Gasteiger partial charge >= 0.3 is 0 Å². The summed E-state index contributed by atoms with van der Waals surface area (Å²) in [4.78, 5) is 7.81. The first-order valence-electron chi connectivity index (χ1n) is 6.58. The third-order valence-electron chi connectivity index (χ3n) is 3.20. The SMILES string of the molecule is COc1cc(Cc2cnc(N)nc2N)cc(OC)c1S(C)(=O)=O. The molecule has 1 aromatic carbocycles. The lowest BCUT2D eigenvalue weighted by molar-refractivity contribution is 0.373. The minimum atomic E-state index is -3.51. The average molecular weight is 338 g/mol. The number of hydrogen-bond donors (Lipinski definition) is 2. The van der Waals surface area contributed by atoms with Gasteiger partial charge in [-0.05, 0) is 17.7 Å². The molecular formula is C14H18N4O4S. The normalized spacial score (nSPS) is 11.3. The van der Waals surface area contributed by atoms with Crippen molar-refractivity contribution in [3.63, 3.8) is 0 Å². The maximum Gasteiger partial charge on any atom is 0.221 e. The number of benzene rings is 1. The maximum atomic E-state index is 11.9. The molecule has 0 atom stereocenters. The Balaban J connectivity index is 2.52. The van der Waals surface area contributed by atoms with Gasteiger partial charge in [0, 0.05) is 24.4 Å². The summed E-state index contributed by atoms with van der Waals surface area (Å²) in [5.41, 5.74) is 12.7. The number of rotatable bonds is 5. The summed E-state index contributed by atoms with van der Waals surface area (Å²) in [5, 5.41) is 0. The van der Waals surface area contributed by atoms with E-state index in [2.05, 4.69) is 9.97 Å². The first kappa shape index (κ1) is 16.8. The third-order valence-corrected chi connectivity index (χ3v) is 4.35. The Morgan fingerprint density at radius 1 is 1.13 bits per heavy atom. The van der Waals surface area contributed by atoms with E-state index in [0.717, 1.165) is 11.8 Å². The summed E-state index contributed by atoms with van der Waals surface area (Å²) in [6, 6.07) is 3.24.